The third kappa shape index (κ3) is 1.48. The van der Waals surface area contributed by atoms with Crippen LogP contribution >= 0.6 is 12.4 Å². The van der Waals surface area contributed by atoms with Gasteiger partial charge in [-0.05, 0) is 12.1 Å². The third-order valence-electron chi connectivity index (χ3n) is 1.89. The second kappa shape index (κ2) is 4.19. The van der Waals surface area contributed by atoms with Crippen molar-refractivity contribution in [3.8, 4) is 5.88 Å². The van der Waals surface area contributed by atoms with Gasteiger partial charge in [0.2, 0.25) is 5.88 Å². The average molecular weight is 215 g/mol. The number of halogens is 1. The smallest absolute Gasteiger partial charge is 0.244 e. The lowest BCUT2D eigenvalue weighted by Crippen LogP contribution is -2.06. The van der Waals surface area contributed by atoms with Crippen LogP contribution in [0.1, 0.15) is 0 Å². The molecule has 0 radical (unpaired) electrons. The summed E-state index contributed by atoms with van der Waals surface area (Å²) in [4.78, 5) is 6.47. The Kier molecular flexibility index (Phi) is 3.19. The number of methoxy groups -OCH3 is 1. The van der Waals surface area contributed by atoms with Gasteiger partial charge in [0.05, 0.1) is 12.5 Å². The molecule has 0 saturated carbocycles. The van der Waals surface area contributed by atoms with Gasteiger partial charge in [-0.1, -0.05) is 22.1 Å². The highest BCUT2D eigenvalue weighted by atomic mass is 35.5. The van der Waals surface area contributed by atoms with E-state index in [-0.39, 0.29) is 12.4 Å². The zero-order chi connectivity index (χ0) is 9.26. The van der Waals surface area contributed by atoms with Crippen molar-refractivity contribution in [1.29, 1.82) is 0 Å². The van der Waals surface area contributed by atoms with E-state index in [9.17, 15) is 0 Å². The monoisotopic (exact) mass is 214 g/mol. The van der Waals surface area contributed by atoms with Crippen LogP contribution < -0.4 is 9.57 Å². The molecular weight excluding hydrogens is 204 g/mol. The number of hydrogen-bond acceptors (Lipinski definition) is 3. The largest absolute Gasteiger partial charge is 0.479 e. The predicted octanol–water partition coefficient (Wildman–Crippen LogP) is 1.53. The Balaban J connectivity index is 0.000000980. The second-order valence-corrected chi connectivity index (χ2v) is 2.58. The molecule has 14 heavy (non-hydrogen) atoms. The molecule has 1 heterocycles. The van der Waals surface area contributed by atoms with Crippen molar-refractivity contribution in [1.82, 2.24) is 9.94 Å². The molecule has 0 amide bonds. The summed E-state index contributed by atoms with van der Waals surface area (Å²) in [5.41, 5.74) is 0.904. The average Bonchev–Trinajstić information content (AvgIpc) is 2.56. The molecule has 1 aromatic carbocycles. The first-order valence-electron chi connectivity index (χ1n) is 3.93. The molecule has 2 rings (SSSR count). The Morgan fingerprint density at radius 3 is 2.57 bits per heavy atom. The molecular formula is C9H11ClN2O2. The van der Waals surface area contributed by atoms with Crippen LogP contribution in [0.25, 0.3) is 10.9 Å². The van der Waals surface area contributed by atoms with E-state index in [1.165, 1.54) is 4.85 Å². The van der Waals surface area contributed by atoms with E-state index < -0.39 is 0 Å². The molecule has 0 aliphatic carbocycles. The molecule has 0 atom stereocenters. The van der Waals surface area contributed by atoms with E-state index in [0.717, 1.165) is 10.9 Å². The third-order valence-corrected chi connectivity index (χ3v) is 1.89. The number of aromatic nitrogens is 2. The second-order valence-electron chi connectivity index (χ2n) is 2.58. The van der Waals surface area contributed by atoms with Crippen molar-refractivity contribution in [3.63, 3.8) is 0 Å². The van der Waals surface area contributed by atoms with Gasteiger partial charge in [0.1, 0.15) is 12.6 Å². The van der Waals surface area contributed by atoms with Crippen LogP contribution in [0.3, 0.4) is 0 Å². The van der Waals surface area contributed by atoms with Crippen LogP contribution in [-0.4, -0.2) is 24.2 Å². The van der Waals surface area contributed by atoms with Crippen molar-refractivity contribution in [3.05, 3.63) is 24.3 Å². The van der Waals surface area contributed by atoms with Crippen molar-refractivity contribution in [2.24, 2.45) is 0 Å². The molecule has 5 heteroatoms. The van der Waals surface area contributed by atoms with E-state index in [0.29, 0.717) is 5.88 Å². The van der Waals surface area contributed by atoms with Crippen molar-refractivity contribution < 1.29 is 9.57 Å². The molecule has 1 aromatic heterocycles. The first-order valence-corrected chi connectivity index (χ1v) is 3.93. The quantitative estimate of drug-likeness (QED) is 0.761. The van der Waals surface area contributed by atoms with Crippen LogP contribution in [0.2, 0.25) is 0 Å². The summed E-state index contributed by atoms with van der Waals surface area (Å²) in [5.74, 6) is 0.581. The maximum Gasteiger partial charge on any atom is 0.244 e. The number of nitrogens with zero attached hydrogens (tertiary/aromatic N) is 2. The molecule has 0 unspecified atom stereocenters. The van der Waals surface area contributed by atoms with Crippen molar-refractivity contribution >= 4 is 23.3 Å². The van der Waals surface area contributed by atoms with Gasteiger partial charge in [-0.2, -0.15) is 0 Å². The number of hydrogen-bond donors (Lipinski definition) is 0. The lowest BCUT2D eigenvalue weighted by molar-refractivity contribution is 0.140. The zero-order valence-corrected chi connectivity index (χ0v) is 8.75. The Morgan fingerprint density at radius 2 is 1.93 bits per heavy atom. The Bertz CT molecular complexity index is 390. The lowest BCUT2D eigenvalue weighted by atomic mass is 10.2. The summed E-state index contributed by atoms with van der Waals surface area (Å²) in [6, 6.07) is 7.73. The first-order chi connectivity index (χ1) is 6.36. The SMILES string of the molecule is COc1nn(OC)c2ccccc12.Cl. The topological polar surface area (TPSA) is 36.3 Å². The Hall–Kier alpha value is -1.42. The van der Waals surface area contributed by atoms with Gasteiger partial charge >= 0.3 is 0 Å². The van der Waals surface area contributed by atoms with Crippen molar-refractivity contribution in [2.75, 3.05) is 14.2 Å². The summed E-state index contributed by atoms with van der Waals surface area (Å²) in [7, 11) is 3.16. The standard InChI is InChI=1S/C9H10N2O2.ClH/c1-12-9-7-5-3-4-6-8(7)11(10-9)13-2;/h3-6H,1-2H3;1H. The predicted molar refractivity (Wildman–Crippen MR) is 56.0 cm³/mol. The van der Waals surface area contributed by atoms with Gasteiger partial charge in [0, 0.05) is 0 Å². The maximum absolute atomic E-state index is 5.10. The fraction of sp³-hybridized carbons (Fsp3) is 0.222. The highest BCUT2D eigenvalue weighted by molar-refractivity contribution is 5.85. The van der Waals surface area contributed by atoms with E-state index in [2.05, 4.69) is 5.10 Å². The highest BCUT2D eigenvalue weighted by Crippen LogP contribution is 2.22. The number of rotatable bonds is 2. The summed E-state index contributed by atoms with van der Waals surface area (Å²) >= 11 is 0. The summed E-state index contributed by atoms with van der Waals surface area (Å²) in [5, 5.41) is 5.05. The number of ether oxygens (including phenoxy) is 1. The van der Waals surface area contributed by atoms with Gasteiger partial charge in [0.15, 0.2) is 0 Å². The number of benzene rings is 1. The zero-order valence-electron chi connectivity index (χ0n) is 7.93. The fourth-order valence-corrected chi connectivity index (χ4v) is 1.30. The van der Waals surface area contributed by atoms with Crippen LogP contribution in [0, 0.1) is 0 Å². The molecule has 0 aliphatic heterocycles. The molecule has 0 bridgehead atoms. The lowest BCUT2D eigenvalue weighted by Gasteiger charge is -1.96. The normalized spacial score (nSPS) is 9.57. The van der Waals surface area contributed by atoms with Crippen LogP contribution in [0.5, 0.6) is 5.88 Å². The molecule has 2 aromatic rings. The van der Waals surface area contributed by atoms with Gasteiger partial charge in [-0.3, -0.25) is 0 Å². The van der Waals surface area contributed by atoms with E-state index >= 15 is 0 Å². The minimum Gasteiger partial charge on any atom is -0.479 e. The number of para-hydroxylation sites is 1. The van der Waals surface area contributed by atoms with E-state index in [1.807, 2.05) is 24.3 Å². The molecule has 0 aliphatic rings. The van der Waals surface area contributed by atoms with Crippen LogP contribution in [0.4, 0.5) is 0 Å². The van der Waals surface area contributed by atoms with Crippen LogP contribution in [0.15, 0.2) is 24.3 Å². The van der Waals surface area contributed by atoms with Gasteiger partial charge in [-0.25, -0.2) is 0 Å². The minimum absolute atomic E-state index is 0. The van der Waals surface area contributed by atoms with Gasteiger partial charge in [-0.15, -0.1) is 12.4 Å². The molecule has 4 nitrogen and oxygen atoms in total. The van der Waals surface area contributed by atoms with E-state index in [1.54, 1.807) is 14.2 Å². The van der Waals surface area contributed by atoms with Gasteiger partial charge < -0.3 is 9.57 Å². The Morgan fingerprint density at radius 1 is 1.21 bits per heavy atom. The molecule has 0 fully saturated rings. The summed E-state index contributed by atoms with van der Waals surface area (Å²) < 4.78 is 5.10. The fourth-order valence-electron chi connectivity index (χ4n) is 1.30. The maximum atomic E-state index is 5.10. The minimum atomic E-state index is 0. The van der Waals surface area contributed by atoms with Crippen LogP contribution in [-0.2, 0) is 0 Å². The van der Waals surface area contributed by atoms with E-state index in [4.69, 9.17) is 9.57 Å². The molecule has 76 valence electrons. The Labute approximate surface area is 87.8 Å². The van der Waals surface area contributed by atoms with Gasteiger partial charge in [0.25, 0.3) is 0 Å². The summed E-state index contributed by atoms with van der Waals surface area (Å²) in [6.45, 7) is 0. The molecule has 0 spiro atoms. The van der Waals surface area contributed by atoms with Crippen molar-refractivity contribution in [2.45, 2.75) is 0 Å². The molecule has 0 N–H and O–H groups in total. The summed E-state index contributed by atoms with van der Waals surface area (Å²) in [6.07, 6.45) is 0. The number of fused-ring (bicyclic) bond motifs is 1. The molecule has 0 saturated heterocycles. The highest BCUT2D eigenvalue weighted by Gasteiger charge is 2.09. The first kappa shape index (κ1) is 10.7.